The molecule has 1 atom stereocenters. The van der Waals surface area contributed by atoms with E-state index < -0.39 is 77.7 Å². The summed E-state index contributed by atoms with van der Waals surface area (Å²) in [7, 11) is 0. The van der Waals surface area contributed by atoms with Gasteiger partial charge in [-0.25, -0.2) is 14.0 Å². The van der Waals surface area contributed by atoms with Gasteiger partial charge < -0.3 is 24.2 Å². The van der Waals surface area contributed by atoms with Crippen molar-refractivity contribution >= 4 is 35.4 Å². The highest BCUT2D eigenvalue weighted by molar-refractivity contribution is 6.03. The smallest absolute Gasteiger partial charge is 0.471 e. The van der Waals surface area contributed by atoms with Gasteiger partial charge in [-0.3, -0.25) is 19.4 Å². The van der Waals surface area contributed by atoms with Crippen LogP contribution in [0.15, 0.2) is 36.4 Å². The van der Waals surface area contributed by atoms with Crippen LogP contribution in [-0.2, 0) is 32.1 Å². The van der Waals surface area contributed by atoms with Crippen molar-refractivity contribution in [2.24, 2.45) is 5.41 Å². The number of alkyl halides is 3. The predicted molar refractivity (Wildman–Crippen MR) is 181 cm³/mol. The number of ether oxygens (including phenoxy) is 3. The Kier molecular flexibility index (Phi) is 12.3. The Morgan fingerprint density at radius 3 is 2.02 bits per heavy atom. The van der Waals surface area contributed by atoms with Gasteiger partial charge in [0, 0.05) is 31.1 Å². The van der Waals surface area contributed by atoms with Gasteiger partial charge in [-0.1, -0.05) is 51.1 Å². The summed E-state index contributed by atoms with van der Waals surface area (Å²) in [5.41, 5.74) is -3.39. The lowest BCUT2D eigenvalue weighted by Gasteiger charge is -2.33. The lowest BCUT2D eigenvalue weighted by molar-refractivity contribution is -0.171. The molecule has 282 valence electrons. The van der Waals surface area contributed by atoms with Gasteiger partial charge in [0.2, 0.25) is 0 Å². The maximum absolute atomic E-state index is 16.9. The summed E-state index contributed by atoms with van der Waals surface area (Å²) >= 11 is 0. The Labute approximate surface area is 295 Å². The van der Waals surface area contributed by atoms with Crippen molar-refractivity contribution in [2.75, 3.05) is 29.4 Å². The summed E-state index contributed by atoms with van der Waals surface area (Å²) in [6.45, 7) is 13.5. The fourth-order valence-electron chi connectivity index (χ4n) is 5.29. The fraction of sp³-hybridized carbons (Fsp3) is 0.556. The molecule has 0 saturated carbocycles. The number of carbonyl (C=O) groups is 4. The van der Waals surface area contributed by atoms with E-state index >= 15 is 4.39 Å². The molecule has 1 aliphatic heterocycles. The summed E-state index contributed by atoms with van der Waals surface area (Å²) in [5, 5.41) is 10.4. The van der Waals surface area contributed by atoms with Gasteiger partial charge in [0.15, 0.2) is 5.82 Å². The van der Waals surface area contributed by atoms with E-state index in [1.165, 1.54) is 25.7 Å². The molecule has 0 radical (unpaired) electrons. The number of fused-ring (bicyclic) bond motifs is 1. The van der Waals surface area contributed by atoms with E-state index in [4.69, 9.17) is 14.2 Å². The molecule has 0 spiro atoms. The molecule has 11 nitrogen and oxygen atoms in total. The number of benzene rings is 2. The maximum atomic E-state index is 16.9. The highest BCUT2D eigenvalue weighted by atomic mass is 19.4. The highest BCUT2D eigenvalue weighted by Gasteiger charge is 2.47. The van der Waals surface area contributed by atoms with Crippen LogP contribution >= 0.6 is 0 Å². The van der Waals surface area contributed by atoms with Crippen molar-refractivity contribution in [1.29, 1.82) is 0 Å². The Bertz CT molecular complexity index is 1600. The van der Waals surface area contributed by atoms with Gasteiger partial charge in [-0.15, -0.1) is 0 Å². The van der Waals surface area contributed by atoms with Crippen molar-refractivity contribution in [3.05, 3.63) is 53.3 Å². The van der Waals surface area contributed by atoms with Crippen molar-refractivity contribution in [3.8, 4) is 5.75 Å². The number of esters is 1. The van der Waals surface area contributed by atoms with Crippen LogP contribution < -0.4 is 14.5 Å². The fourth-order valence-corrected chi connectivity index (χ4v) is 5.29. The summed E-state index contributed by atoms with van der Waals surface area (Å²) in [4.78, 5) is 53.8. The number of hydrogen-bond donors (Lipinski definition) is 1. The summed E-state index contributed by atoms with van der Waals surface area (Å²) < 4.78 is 75.5. The quantitative estimate of drug-likeness (QED) is 0.195. The molecule has 0 aliphatic carbocycles. The molecule has 0 saturated heterocycles. The molecule has 1 aliphatic rings. The van der Waals surface area contributed by atoms with E-state index in [9.17, 15) is 37.5 Å². The van der Waals surface area contributed by atoms with Gasteiger partial charge >= 0.3 is 30.2 Å². The number of carboxylic acid groups (broad SMARTS) is 1. The highest BCUT2D eigenvalue weighted by Crippen LogP contribution is 2.45. The minimum Gasteiger partial charge on any atom is -0.487 e. The van der Waals surface area contributed by atoms with Gasteiger partial charge in [-0.05, 0) is 58.9 Å². The molecule has 1 heterocycles. The average Bonchev–Trinajstić information content (AvgIpc) is 3.33. The zero-order chi connectivity index (χ0) is 38.7. The number of carbonyl (C=O) groups excluding carboxylic acids is 3. The number of halogens is 4. The summed E-state index contributed by atoms with van der Waals surface area (Å²) in [6.07, 6.45) is -7.72. The minimum absolute atomic E-state index is 0.0984. The molecule has 0 unspecified atom stereocenters. The summed E-state index contributed by atoms with van der Waals surface area (Å²) in [6, 6.07) is 8.21. The lowest BCUT2D eigenvalue weighted by atomic mass is 9.92. The Balaban J connectivity index is 2.20. The minimum atomic E-state index is -5.55. The molecule has 3 amide bonds. The van der Waals surface area contributed by atoms with E-state index in [1.807, 2.05) is 20.8 Å². The number of rotatable bonds is 10. The molecular formula is C36H47F4N3O8. The summed E-state index contributed by atoms with van der Waals surface area (Å²) in [5.74, 6) is -5.85. The average molecular weight is 726 g/mol. The second-order valence-electron chi connectivity index (χ2n) is 15.5. The van der Waals surface area contributed by atoms with Crippen molar-refractivity contribution < 1.29 is 56.1 Å². The monoisotopic (exact) mass is 725 g/mol. The first-order chi connectivity index (χ1) is 23.3. The number of amides is 3. The van der Waals surface area contributed by atoms with Crippen LogP contribution in [0.1, 0.15) is 79.9 Å². The van der Waals surface area contributed by atoms with Gasteiger partial charge in [0.05, 0.1) is 11.7 Å². The second kappa shape index (κ2) is 15.4. The van der Waals surface area contributed by atoms with Gasteiger partial charge in [-0.2, -0.15) is 13.2 Å². The number of hydrogen-bond acceptors (Lipinski definition) is 7. The van der Waals surface area contributed by atoms with E-state index in [1.54, 1.807) is 51.1 Å². The van der Waals surface area contributed by atoms with Crippen LogP contribution in [0, 0.1) is 11.2 Å². The van der Waals surface area contributed by atoms with Crippen LogP contribution in [0.25, 0.3) is 0 Å². The van der Waals surface area contributed by atoms with Crippen molar-refractivity contribution in [3.63, 3.8) is 0 Å². The third kappa shape index (κ3) is 11.5. The lowest BCUT2D eigenvalue weighted by Crippen LogP contribution is -2.48. The van der Waals surface area contributed by atoms with E-state index in [2.05, 4.69) is 0 Å². The third-order valence-electron chi connectivity index (χ3n) is 7.47. The van der Waals surface area contributed by atoms with Crippen LogP contribution in [0.5, 0.6) is 5.75 Å². The molecule has 2 aromatic carbocycles. The topological polar surface area (TPSA) is 126 Å². The zero-order valence-electron chi connectivity index (χ0n) is 30.4. The molecule has 0 fully saturated rings. The first kappa shape index (κ1) is 40.9. The maximum Gasteiger partial charge on any atom is 0.471 e. The molecular weight excluding hydrogens is 678 g/mol. The Morgan fingerprint density at radius 2 is 1.51 bits per heavy atom. The number of anilines is 2. The molecule has 0 aromatic heterocycles. The molecule has 3 rings (SSSR count). The predicted octanol–water partition coefficient (Wildman–Crippen LogP) is 7.72. The normalized spacial score (nSPS) is 14.8. The largest absolute Gasteiger partial charge is 0.487 e. The van der Waals surface area contributed by atoms with Crippen LogP contribution in [0.4, 0.5) is 38.5 Å². The van der Waals surface area contributed by atoms with E-state index in [-0.39, 0.29) is 41.3 Å². The SMILES string of the molecule is CC(C)(C)CCN(C[C@H]1Cc2c(cc(OCc3ccccc3)c(N(CC(=O)OC(C)(C)C)C(=O)C(F)(F)F)c2F)N1C(=O)O)C(=O)OC(C)(C)C. The number of nitrogens with zero attached hydrogens (tertiary/aromatic N) is 3. The molecule has 15 heteroatoms. The van der Waals surface area contributed by atoms with Crippen LogP contribution in [0.2, 0.25) is 0 Å². The van der Waals surface area contributed by atoms with Crippen LogP contribution in [-0.4, -0.2) is 77.1 Å². The van der Waals surface area contributed by atoms with Gasteiger partial charge in [0.1, 0.15) is 35.8 Å². The van der Waals surface area contributed by atoms with Crippen molar-refractivity contribution in [2.45, 2.75) is 105 Å². The Hall–Kier alpha value is -4.56. The van der Waals surface area contributed by atoms with E-state index in [0.717, 1.165) is 11.0 Å². The van der Waals surface area contributed by atoms with Crippen molar-refractivity contribution in [1.82, 2.24) is 4.90 Å². The molecule has 0 bridgehead atoms. The molecule has 2 aromatic rings. The van der Waals surface area contributed by atoms with Crippen LogP contribution in [0.3, 0.4) is 0 Å². The second-order valence-corrected chi connectivity index (χ2v) is 15.5. The third-order valence-corrected chi connectivity index (χ3v) is 7.47. The van der Waals surface area contributed by atoms with Gasteiger partial charge in [0.25, 0.3) is 0 Å². The zero-order valence-corrected chi connectivity index (χ0v) is 30.4. The molecule has 51 heavy (non-hydrogen) atoms. The standard InChI is InChI=1S/C36H47F4N3O8/c1-33(2,3)15-16-41(32(48)51-35(7,8)9)19-23-17-24-25(43(23)31(46)47)18-26(49-21-22-13-11-10-12-14-22)29(28(24)37)42(30(45)36(38,39)40)20-27(44)50-34(4,5)6/h10-14,18,23H,15-17,19-21H2,1-9H3,(H,46,47)/t23-/m1/s1. The Morgan fingerprint density at radius 1 is 0.922 bits per heavy atom. The first-order valence-corrected chi connectivity index (χ1v) is 16.4. The molecule has 1 N–H and O–H groups in total. The first-order valence-electron chi connectivity index (χ1n) is 16.4. The van der Waals surface area contributed by atoms with E-state index in [0.29, 0.717) is 12.0 Å².